The Morgan fingerprint density at radius 2 is 1.76 bits per heavy atom. The summed E-state index contributed by atoms with van der Waals surface area (Å²) in [5.74, 6) is 1.53. The maximum absolute atomic E-state index is 5.68. The Morgan fingerprint density at radius 1 is 1.00 bits per heavy atom. The van der Waals surface area contributed by atoms with Crippen molar-refractivity contribution in [3.63, 3.8) is 0 Å². The van der Waals surface area contributed by atoms with Gasteiger partial charge in [-0.1, -0.05) is 18.2 Å². The molecule has 2 aromatic rings. The smallest absolute Gasteiger partial charge is 0.129 e. The number of rotatable bonds is 4. The first kappa shape index (κ1) is 11.5. The van der Waals surface area contributed by atoms with Gasteiger partial charge in [0.05, 0.1) is 6.61 Å². The highest BCUT2D eigenvalue weighted by Gasteiger charge is 1.98. The van der Waals surface area contributed by atoms with Gasteiger partial charge in [-0.3, -0.25) is 0 Å². The SMILES string of the molecule is COCc1ccc(Oc2cccc(N)c2)cc1. The van der Waals surface area contributed by atoms with Crippen molar-refractivity contribution in [2.45, 2.75) is 6.61 Å². The van der Waals surface area contributed by atoms with E-state index < -0.39 is 0 Å². The zero-order valence-electron chi connectivity index (χ0n) is 9.72. The highest BCUT2D eigenvalue weighted by Crippen LogP contribution is 2.23. The van der Waals surface area contributed by atoms with Gasteiger partial charge in [-0.25, -0.2) is 0 Å². The number of ether oxygens (including phenoxy) is 2. The first-order valence-corrected chi connectivity index (χ1v) is 5.39. The molecule has 3 heteroatoms. The second-order valence-corrected chi connectivity index (χ2v) is 3.75. The van der Waals surface area contributed by atoms with Crippen LogP contribution in [-0.2, 0) is 11.3 Å². The van der Waals surface area contributed by atoms with Gasteiger partial charge in [0.2, 0.25) is 0 Å². The van der Waals surface area contributed by atoms with Crippen LogP contribution in [0.25, 0.3) is 0 Å². The number of nitrogens with two attached hydrogens (primary N) is 1. The molecule has 17 heavy (non-hydrogen) atoms. The van der Waals surface area contributed by atoms with E-state index in [0.29, 0.717) is 12.3 Å². The number of nitrogen functional groups attached to an aromatic ring is 1. The molecule has 3 nitrogen and oxygen atoms in total. The summed E-state index contributed by atoms with van der Waals surface area (Å²) >= 11 is 0. The third-order valence-corrected chi connectivity index (χ3v) is 2.33. The lowest BCUT2D eigenvalue weighted by Crippen LogP contribution is -1.89. The standard InChI is InChI=1S/C14H15NO2/c1-16-10-11-5-7-13(8-6-11)17-14-4-2-3-12(15)9-14/h2-9H,10,15H2,1H3. The van der Waals surface area contributed by atoms with Crippen molar-refractivity contribution >= 4 is 5.69 Å². The summed E-state index contributed by atoms with van der Waals surface area (Å²) < 4.78 is 10.7. The van der Waals surface area contributed by atoms with Crippen molar-refractivity contribution in [2.24, 2.45) is 0 Å². The van der Waals surface area contributed by atoms with Crippen molar-refractivity contribution in [1.82, 2.24) is 0 Å². The van der Waals surface area contributed by atoms with E-state index in [1.807, 2.05) is 42.5 Å². The van der Waals surface area contributed by atoms with Crippen LogP contribution in [0.15, 0.2) is 48.5 Å². The van der Waals surface area contributed by atoms with Gasteiger partial charge in [-0.15, -0.1) is 0 Å². The predicted octanol–water partition coefficient (Wildman–Crippen LogP) is 3.21. The van der Waals surface area contributed by atoms with E-state index in [9.17, 15) is 0 Å². The minimum atomic E-state index is 0.610. The number of benzene rings is 2. The third kappa shape index (κ3) is 3.23. The molecule has 0 fully saturated rings. The molecule has 2 N–H and O–H groups in total. The van der Waals surface area contributed by atoms with E-state index in [1.165, 1.54) is 0 Å². The average molecular weight is 229 g/mol. The van der Waals surface area contributed by atoms with Gasteiger partial charge in [0.25, 0.3) is 0 Å². The molecule has 0 aromatic heterocycles. The Labute approximate surface area is 101 Å². The molecule has 0 aliphatic carbocycles. The molecule has 0 atom stereocenters. The highest BCUT2D eigenvalue weighted by atomic mass is 16.5. The molecule has 88 valence electrons. The third-order valence-electron chi connectivity index (χ3n) is 2.33. The lowest BCUT2D eigenvalue weighted by molar-refractivity contribution is 0.185. The molecule has 0 saturated heterocycles. The molecule has 2 aromatic carbocycles. The Balaban J connectivity index is 2.08. The molecule has 0 aliphatic heterocycles. The zero-order chi connectivity index (χ0) is 12.1. The minimum absolute atomic E-state index is 0.610. The van der Waals surface area contributed by atoms with E-state index in [2.05, 4.69) is 0 Å². The van der Waals surface area contributed by atoms with E-state index in [1.54, 1.807) is 13.2 Å². The van der Waals surface area contributed by atoms with Gasteiger partial charge in [0, 0.05) is 18.9 Å². The van der Waals surface area contributed by atoms with Gasteiger partial charge >= 0.3 is 0 Å². The molecule has 0 saturated carbocycles. The Kier molecular flexibility index (Phi) is 3.62. The van der Waals surface area contributed by atoms with Crippen LogP contribution in [0, 0.1) is 0 Å². The molecule has 0 amide bonds. The quantitative estimate of drug-likeness (QED) is 0.819. The van der Waals surface area contributed by atoms with Crippen LogP contribution < -0.4 is 10.5 Å². The molecular formula is C14H15NO2. The largest absolute Gasteiger partial charge is 0.457 e. The van der Waals surface area contributed by atoms with Gasteiger partial charge in [0.1, 0.15) is 11.5 Å². The maximum atomic E-state index is 5.68. The van der Waals surface area contributed by atoms with Gasteiger partial charge < -0.3 is 15.2 Å². The van der Waals surface area contributed by atoms with E-state index in [4.69, 9.17) is 15.2 Å². The van der Waals surface area contributed by atoms with Crippen molar-refractivity contribution < 1.29 is 9.47 Å². The normalized spacial score (nSPS) is 10.2. The number of methoxy groups -OCH3 is 1. The van der Waals surface area contributed by atoms with Crippen molar-refractivity contribution in [1.29, 1.82) is 0 Å². The van der Waals surface area contributed by atoms with E-state index in [0.717, 1.165) is 17.1 Å². The first-order valence-electron chi connectivity index (χ1n) is 5.39. The summed E-state index contributed by atoms with van der Waals surface area (Å²) in [7, 11) is 1.68. The summed E-state index contributed by atoms with van der Waals surface area (Å²) in [6, 6.07) is 15.1. The summed E-state index contributed by atoms with van der Waals surface area (Å²) in [6.45, 7) is 0.610. The van der Waals surface area contributed by atoms with Crippen molar-refractivity contribution in [2.75, 3.05) is 12.8 Å². The number of hydrogen-bond donors (Lipinski definition) is 1. The Bertz CT molecular complexity index is 480. The first-order chi connectivity index (χ1) is 8.28. The molecule has 0 bridgehead atoms. The summed E-state index contributed by atoms with van der Waals surface area (Å²) in [4.78, 5) is 0. The molecular weight excluding hydrogens is 214 g/mol. The lowest BCUT2D eigenvalue weighted by Gasteiger charge is -2.07. The molecule has 0 aliphatic rings. The van der Waals surface area contributed by atoms with Crippen LogP contribution in [-0.4, -0.2) is 7.11 Å². The molecule has 0 radical (unpaired) electrons. The van der Waals surface area contributed by atoms with Gasteiger partial charge in [0.15, 0.2) is 0 Å². The fourth-order valence-corrected chi connectivity index (χ4v) is 1.53. The number of hydrogen-bond acceptors (Lipinski definition) is 3. The summed E-state index contributed by atoms with van der Waals surface area (Å²) in [5.41, 5.74) is 7.49. The Morgan fingerprint density at radius 3 is 2.41 bits per heavy atom. The lowest BCUT2D eigenvalue weighted by atomic mass is 10.2. The van der Waals surface area contributed by atoms with Crippen LogP contribution in [0.3, 0.4) is 0 Å². The fourth-order valence-electron chi connectivity index (χ4n) is 1.53. The topological polar surface area (TPSA) is 44.5 Å². The molecule has 0 heterocycles. The van der Waals surface area contributed by atoms with Crippen LogP contribution in [0.4, 0.5) is 5.69 Å². The van der Waals surface area contributed by atoms with Crippen LogP contribution >= 0.6 is 0 Å². The highest BCUT2D eigenvalue weighted by molar-refractivity contribution is 5.45. The maximum Gasteiger partial charge on any atom is 0.129 e. The second-order valence-electron chi connectivity index (χ2n) is 3.75. The van der Waals surface area contributed by atoms with Gasteiger partial charge in [-0.2, -0.15) is 0 Å². The van der Waals surface area contributed by atoms with Crippen LogP contribution in [0.2, 0.25) is 0 Å². The Hall–Kier alpha value is -2.00. The second kappa shape index (κ2) is 5.37. The fraction of sp³-hybridized carbons (Fsp3) is 0.143. The van der Waals surface area contributed by atoms with Crippen molar-refractivity contribution in [3.05, 3.63) is 54.1 Å². The summed E-state index contributed by atoms with van der Waals surface area (Å²) in [5, 5.41) is 0. The van der Waals surface area contributed by atoms with E-state index >= 15 is 0 Å². The molecule has 0 unspecified atom stereocenters. The van der Waals surface area contributed by atoms with Crippen LogP contribution in [0.5, 0.6) is 11.5 Å². The molecule has 0 spiro atoms. The predicted molar refractivity (Wildman–Crippen MR) is 68.1 cm³/mol. The minimum Gasteiger partial charge on any atom is -0.457 e. The van der Waals surface area contributed by atoms with E-state index in [-0.39, 0.29) is 0 Å². The monoisotopic (exact) mass is 229 g/mol. The van der Waals surface area contributed by atoms with Gasteiger partial charge in [-0.05, 0) is 29.8 Å². The van der Waals surface area contributed by atoms with Crippen LogP contribution in [0.1, 0.15) is 5.56 Å². The number of anilines is 1. The average Bonchev–Trinajstić information content (AvgIpc) is 2.32. The zero-order valence-corrected chi connectivity index (χ0v) is 9.72. The molecule has 2 rings (SSSR count). The summed E-state index contributed by atoms with van der Waals surface area (Å²) in [6.07, 6.45) is 0. The van der Waals surface area contributed by atoms with Crippen molar-refractivity contribution in [3.8, 4) is 11.5 Å².